The van der Waals surface area contributed by atoms with Gasteiger partial charge in [-0.1, -0.05) is 39.8 Å². The van der Waals surface area contributed by atoms with Gasteiger partial charge in [-0.25, -0.2) is 8.78 Å². The van der Waals surface area contributed by atoms with E-state index in [1.165, 1.54) is 4.90 Å². The molecule has 2 fully saturated rings. The van der Waals surface area contributed by atoms with Crippen LogP contribution in [0.1, 0.15) is 18.9 Å². The Morgan fingerprint density at radius 2 is 2.04 bits per heavy atom. The summed E-state index contributed by atoms with van der Waals surface area (Å²) in [4.78, 5) is 25.0. The minimum atomic E-state index is -2.72. The predicted molar refractivity (Wildman–Crippen MR) is 87.2 cm³/mol. The van der Waals surface area contributed by atoms with Gasteiger partial charge in [-0.05, 0) is 24.6 Å². The highest BCUT2D eigenvalue weighted by Gasteiger charge is 2.57. The number of rotatable bonds is 4. The van der Waals surface area contributed by atoms with Crippen molar-refractivity contribution in [1.82, 2.24) is 10.2 Å². The molecule has 1 aromatic rings. The number of carbonyl (C=O) groups is 2. The lowest BCUT2D eigenvalue weighted by atomic mass is 10.1. The van der Waals surface area contributed by atoms with Crippen molar-refractivity contribution in [3.8, 4) is 0 Å². The predicted octanol–water partition coefficient (Wildman–Crippen LogP) is 2.72. The Hall–Kier alpha value is -0.990. The highest BCUT2D eigenvalue weighted by atomic mass is 79.9. The molecule has 1 saturated carbocycles. The van der Waals surface area contributed by atoms with Crippen molar-refractivity contribution >= 4 is 38.7 Å². The van der Waals surface area contributed by atoms with E-state index in [0.29, 0.717) is 0 Å². The molecule has 23 heavy (non-hydrogen) atoms. The van der Waals surface area contributed by atoms with Gasteiger partial charge in [-0.2, -0.15) is 0 Å². The minimum Gasteiger partial charge on any atom is -0.314 e. The van der Waals surface area contributed by atoms with Crippen LogP contribution in [0.25, 0.3) is 0 Å². The van der Waals surface area contributed by atoms with Crippen LogP contribution >= 0.6 is 27.7 Å². The number of alkyl halides is 2. The number of thioether (sulfide) groups is 1. The molecule has 1 saturated heterocycles. The van der Waals surface area contributed by atoms with Crippen LogP contribution in [-0.4, -0.2) is 41.0 Å². The van der Waals surface area contributed by atoms with E-state index in [1.54, 1.807) is 6.92 Å². The zero-order valence-corrected chi connectivity index (χ0v) is 14.7. The van der Waals surface area contributed by atoms with E-state index in [9.17, 15) is 18.4 Å². The van der Waals surface area contributed by atoms with Crippen LogP contribution in [0, 0.1) is 0 Å². The number of nitrogens with one attached hydrogen (secondary N) is 1. The number of amides is 1. The summed E-state index contributed by atoms with van der Waals surface area (Å²) in [5.41, 5.74) is 0.821. The average molecular weight is 405 g/mol. The van der Waals surface area contributed by atoms with Crippen LogP contribution in [0.15, 0.2) is 28.7 Å². The summed E-state index contributed by atoms with van der Waals surface area (Å²) in [7, 11) is 0. The van der Waals surface area contributed by atoms with Crippen molar-refractivity contribution in [2.24, 2.45) is 0 Å². The Balaban J connectivity index is 1.75. The van der Waals surface area contributed by atoms with Crippen molar-refractivity contribution in [3.63, 3.8) is 0 Å². The average Bonchev–Trinajstić information content (AvgIpc) is 2.96. The fourth-order valence-corrected chi connectivity index (χ4v) is 4.06. The van der Waals surface area contributed by atoms with Gasteiger partial charge in [0.25, 0.3) is 5.92 Å². The zero-order valence-electron chi connectivity index (χ0n) is 12.3. The SMILES string of the molecule is CC1(c2ccc(Br)cc2)SC(=O)CN1C(=O)CNC1CC1(F)F. The van der Waals surface area contributed by atoms with E-state index in [1.807, 2.05) is 24.3 Å². The van der Waals surface area contributed by atoms with Gasteiger partial charge in [0, 0.05) is 10.9 Å². The standard InChI is InChI=1S/C15H15BrF2N2O2S/c1-14(9-2-4-10(16)5-3-9)20(8-13(22)23-14)12(21)7-19-11-6-15(11,17)18/h2-5,11,19H,6-8H2,1H3. The fraction of sp³-hybridized carbons (Fsp3) is 0.467. The largest absolute Gasteiger partial charge is 0.314 e. The Labute approximate surface area is 145 Å². The second kappa shape index (κ2) is 5.82. The van der Waals surface area contributed by atoms with Gasteiger partial charge in [0.15, 0.2) is 0 Å². The van der Waals surface area contributed by atoms with Gasteiger partial charge < -0.3 is 4.90 Å². The minimum absolute atomic E-state index is 0.0151. The molecular weight excluding hydrogens is 390 g/mol. The van der Waals surface area contributed by atoms with Crippen molar-refractivity contribution in [3.05, 3.63) is 34.3 Å². The maximum Gasteiger partial charge on any atom is 0.265 e. The summed E-state index contributed by atoms with van der Waals surface area (Å²) in [6, 6.07) is 6.44. The molecule has 1 heterocycles. The normalized spacial score (nSPS) is 29.0. The van der Waals surface area contributed by atoms with Gasteiger partial charge in [0.2, 0.25) is 11.0 Å². The molecule has 124 valence electrons. The molecule has 8 heteroatoms. The second-order valence-electron chi connectivity index (χ2n) is 5.84. The van der Waals surface area contributed by atoms with E-state index >= 15 is 0 Å². The first-order valence-corrected chi connectivity index (χ1v) is 8.73. The Bertz CT molecular complexity index is 655. The molecule has 1 aliphatic heterocycles. The lowest BCUT2D eigenvalue weighted by molar-refractivity contribution is -0.134. The van der Waals surface area contributed by atoms with Crippen LogP contribution in [0.5, 0.6) is 0 Å². The number of hydrogen-bond donors (Lipinski definition) is 1. The first-order chi connectivity index (χ1) is 10.7. The van der Waals surface area contributed by atoms with Crippen molar-refractivity contribution in [2.75, 3.05) is 13.1 Å². The third kappa shape index (κ3) is 3.29. The van der Waals surface area contributed by atoms with E-state index in [4.69, 9.17) is 0 Å². The third-order valence-corrected chi connectivity index (χ3v) is 5.86. The molecule has 0 aromatic heterocycles. The maximum absolute atomic E-state index is 12.9. The fourth-order valence-electron chi connectivity index (χ4n) is 2.63. The van der Waals surface area contributed by atoms with Crippen LogP contribution in [0.2, 0.25) is 0 Å². The Morgan fingerprint density at radius 1 is 1.43 bits per heavy atom. The van der Waals surface area contributed by atoms with Crippen LogP contribution in [0.4, 0.5) is 8.78 Å². The number of halogens is 3. The Morgan fingerprint density at radius 3 is 2.61 bits per heavy atom. The molecule has 0 bridgehead atoms. The molecular formula is C15H15BrF2N2O2S. The quantitative estimate of drug-likeness (QED) is 0.837. The van der Waals surface area contributed by atoms with E-state index in [2.05, 4.69) is 21.2 Å². The first kappa shape index (κ1) is 16.9. The van der Waals surface area contributed by atoms with Crippen LogP contribution < -0.4 is 5.32 Å². The van der Waals surface area contributed by atoms with Gasteiger partial charge in [0.1, 0.15) is 4.87 Å². The smallest absolute Gasteiger partial charge is 0.265 e. The maximum atomic E-state index is 12.9. The van der Waals surface area contributed by atoms with E-state index in [-0.39, 0.29) is 30.5 Å². The summed E-state index contributed by atoms with van der Waals surface area (Å²) < 4.78 is 26.7. The van der Waals surface area contributed by atoms with Crippen molar-refractivity contribution in [1.29, 1.82) is 0 Å². The van der Waals surface area contributed by atoms with Crippen LogP contribution in [0.3, 0.4) is 0 Å². The number of nitrogens with zero attached hydrogens (tertiary/aromatic N) is 1. The summed E-state index contributed by atoms with van der Waals surface area (Å²) in [5.74, 6) is -3.07. The van der Waals surface area contributed by atoms with Crippen molar-refractivity contribution in [2.45, 2.75) is 30.2 Å². The molecule has 0 spiro atoms. The number of hydrogen-bond acceptors (Lipinski definition) is 4. The third-order valence-electron chi connectivity index (χ3n) is 4.12. The molecule has 3 rings (SSSR count). The molecule has 1 amide bonds. The summed E-state index contributed by atoms with van der Waals surface area (Å²) in [5, 5.41) is 2.46. The van der Waals surface area contributed by atoms with Gasteiger partial charge in [0.05, 0.1) is 19.1 Å². The molecule has 2 unspecified atom stereocenters. The zero-order chi connectivity index (χ0) is 16.8. The molecule has 1 aromatic carbocycles. The first-order valence-electron chi connectivity index (χ1n) is 7.12. The topological polar surface area (TPSA) is 49.4 Å². The molecule has 1 aliphatic carbocycles. The second-order valence-corrected chi connectivity index (χ2v) is 8.21. The molecule has 4 nitrogen and oxygen atoms in total. The lowest BCUT2D eigenvalue weighted by Crippen LogP contribution is -2.46. The Kier molecular flexibility index (Phi) is 4.27. The monoisotopic (exact) mass is 404 g/mol. The van der Waals surface area contributed by atoms with E-state index in [0.717, 1.165) is 21.8 Å². The molecule has 0 radical (unpaired) electrons. The lowest BCUT2D eigenvalue weighted by Gasteiger charge is -2.34. The number of carbonyl (C=O) groups excluding carboxylic acids is 2. The summed E-state index contributed by atoms with van der Waals surface area (Å²) in [6.45, 7) is 1.59. The van der Waals surface area contributed by atoms with Gasteiger partial charge in [-0.15, -0.1) is 0 Å². The van der Waals surface area contributed by atoms with Gasteiger partial charge >= 0.3 is 0 Å². The summed E-state index contributed by atoms with van der Waals surface area (Å²) in [6.07, 6.45) is -0.238. The molecule has 1 N–H and O–H groups in total. The highest BCUT2D eigenvalue weighted by Crippen LogP contribution is 2.45. The van der Waals surface area contributed by atoms with E-state index < -0.39 is 16.8 Å². The van der Waals surface area contributed by atoms with Gasteiger partial charge in [-0.3, -0.25) is 14.9 Å². The molecule has 2 atom stereocenters. The number of benzene rings is 1. The summed E-state index contributed by atoms with van der Waals surface area (Å²) >= 11 is 4.44. The highest BCUT2D eigenvalue weighted by molar-refractivity contribution is 9.10. The van der Waals surface area contributed by atoms with Crippen molar-refractivity contribution < 1.29 is 18.4 Å². The molecule has 2 aliphatic rings. The van der Waals surface area contributed by atoms with Crippen LogP contribution in [-0.2, 0) is 14.5 Å².